The van der Waals surface area contributed by atoms with Gasteiger partial charge in [0.1, 0.15) is 5.75 Å². The molecule has 0 aliphatic carbocycles. The molecule has 1 unspecified atom stereocenters. The predicted molar refractivity (Wildman–Crippen MR) is 113 cm³/mol. The van der Waals surface area contributed by atoms with E-state index in [-0.39, 0.29) is 42.4 Å². The van der Waals surface area contributed by atoms with Crippen LogP contribution in [-0.2, 0) is 11.3 Å². The number of rotatable bonds is 7. The fourth-order valence-electron chi connectivity index (χ4n) is 2.75. The van der Waals surface area contributed by atoms with E-state index in [4.69, 9.17) is 4.74 Å². The Balaban J connectivity index is 0.00000364. The number of hydrogen-bond acceptors (Lipinski definition) is 4. The number of likely N-dealkylation sites (N-methyl/N-ethyl adjacent to an activating group) is 1. The molecule has 1 aliphatic heterocycles. The van der Waals surface area contributed by atoms with Crippen molar-refractivity contribution >= 4 is 29.9 Å². The van der Waals surface area contributed by atoms with Gasteiger partial charge in [0.15, 0.2) is 5.96 Å². The lowest BCUT2D eigenvalue weighted by Crippen LogP contribution is -2.48. The molecule has 0 saturated carbocycles. The number of aryl methyl sites for hydroxylation is 1. The molecule has 1 atom stereocenters. The summed E-state index contributed by atoms with van der Waals surface area (Å²) < 4.78 is 35.5. The van der Waals surface area contributed by atoms with Crippen molar-refractivity contribution in [3.05, 3.63) is 29.3 Å². The number of hydrogen-bond donors (Lipinski definition) is 2. The van der Waals surface area contributed by atoms with Gasteiger partial charge in [0, 0.05) is 31.7 Å². The van der Waals surface area contributed by atoms with Gasteiger partial charge in [0.25, 0.3) is 0 Å². The number of ether oxygens (including phenoxy) is 2. The molecule has 1 fully saturated rings. The maximum atomic E-state index is 12.6. The summed E-state index contributed by atoms with van der Waals surface area (Å²) in [6, 6.07) is 5.10. The van der Waals surface area contributed by atoms with Crippen LogP contribution in [0.3, 0.4) is 0 Å². The highest BCUT2D eigenvalue weighted by molar-refractivity contribution is 14.0. The van der Waals surface area contributed by atoms with Crippen LogP contribution in [-0.4, -0.2) is 63.4 Å². The molecule has 0 bridgehead atoms. The van der Waals surface area contributed by atoms with Gasteiger partial charge in [0.05, 0.1) is 19.3 Å². The van der Waals surface area contributed by atoms with Crippen LogP contribution in [0.5, 0.6) is 5.75 Å². The first-order chi connectivity index (χ1) is 12.5. The minimum absolute atomic E-state index is 0. The number of nitrogens with zero attached hydrogens (tertiary/aromatic N) is 2. The van der Waals surface area contributed by atoms with Gasteiger partial charge in [0.2, 0.25) is 0 Å². The SMILES string of the molecule is CCNC(=NCc1cc(C)ccc1OC(F)F)NCC1CN(C)CCO1.I. The first kappa shape index (κ1) is 23.8. The Morgan fingerprint density at radius 3 is 2.85 bits per heavy atom. The van der Waals surface area contributed by atoms with E-state index < -0.39 is 6.61 Å². The minimum Gasteiger partial charge on any atom is -0.434 e. The van der Waals surface area contributed by atoms with Crippen LogP contribution >= 0.6 is 24.0 Å². The number of halogens is 3. The summed E-state index contributed by atoms with van der Waals surface area (Å²) in [7, 11) is 2.07. The van der Waals surface area contributed by atoms with Crippen LogP contribution in [0.15, 0.2) is 23.2 Å². The zero-order valence-electron chi connectivity index (χ0n) is 16.0. The van der Waals surface area contributed by atoms with Crippen molar-refractivity contribution in [3.8, 4) is 5.75 Å². The first-order valence-corrected chi connectivity index (χ1v) is 8.84. The fraction of sp³-hybridized carbons (Fsp3) is 0.611. The molecule has 0 amide bonds. The number of morpholine rings is 1. The van der Waals surface area contributed by atoms with Gasteiger partial charge in [-0.25, -0.2) is 4.99 Å². The van der Waals surface area contributed by atoms with Crippen molar-refractivity contribution in [2.24, 2.45) is 4.99 Å². The van der Waals surface area contributed by atoms with Gasteiger partial charge in [-0.3, -0.25) is 0 Å². The second kappa shape index (κ2) is 12.3. The van der Waals surface area contributed by atoms with Crippen molar-refractivity contribution in [3.63, 3.8) is 0 Å². The highest BCUT2D eigenvalue weighted by atomic mass is 127. The third-order valence-electron chi connectivity index (χ3n) is 4.02. The van der Waals surface area contributed by atoms with Crippen molar-refractivity contribution in [1.29, 1.82) is 0 Å². The van der Waals surface area contributed by atoms with Gasteiger partial charge < -0.3 is 25.0 Å². The van der Waals surface area contributed by atoms with Crippen LogP contribution in [0.1, 0.15) is 18.1 Å². The number of guanidine groups is 1. The van der Waals surface area contributed by atoms with E-state index in [1.54, 1.807) is 12.1 Å². The lowest BCUT2D eigenvalue weighted by atomic mass is 10.1. The van der Waals surface area contributed by atoms with E-state index in [1.807, 2.05) is 19.9 Å². The first-order valence-electron chi connectivity index (χ1n) is 8.84. The summed E-state index contributed by atoms with van der Waals surface area (Å²) in [6.45, 7) is 5.10. The smallest absolute Gasteiger partial charge is 0.387 e. The van der Waals surface area contributed by atoms with E-state index in [1.165, 1.54) is 0 Å². The Morgan fingerprint density at radius 2 is 2.19 bits per heavy atom. The van der Waals surface area contributed by atoms with Crippen LogP contribution < -0.4 is 15.4 Å². The zero-order valence-corrected chi connectivity index (χ0v) is 18.3. The van der Waals surface area contributed by atoms with Crippen molar-refractivity contribution < 1.29 is 18.3 Å². The van der Waals surface area contributed by atoms with Gasteiger partial charge in [-0.05, 0) is 27.0 Å². The lowest BCUT2D eigenvalue weighted by Gasteiger charge is -2.30. The van der Waals surface area contributed by atoms with Crippen molar-refractivity contribution in [1.82, 2.24) is 15.5 Å². The number of aliphatic imine (C=N–C) groups is 1. The Labute approximate surface area is 176 Å². The van der Waals surface area contributed by atoms with Gasteiger partial charge in [-0.1, -0.05) is 17.7 Å². The topological polar surface area (TPSA) is 58.1 Å². The third kappa shape index (κ3) is 8.56. The number of benzene rings is 1. The van der Waals surface area contributed by atoms with Gasteiger partial charge in [-0.2, -0.15) is 8.78 Å². The molecule has 1 aromatic carbocycles. The molecule has 2 rings (SSSR count). The average molecular weight is 498 g/mol. The second-order valence-corrected chi connectivity index (χ2v) is 6.32. The molecule has 0 aromatic heterocycles. The maximum Gasteiger partial charge on any atom is 0.387 e. The van der Waals surface area contributed by atoms with Crippen LogP contribution in [0, 0.1) is 6.92 Å². The molecule has 1 saturated heterocycles. The minimum atomic E-state index is -2.85. The van der Waals surface area contributed by atoms with E-state index in [9.17, 15) is 8.78 Å². The van der Waals surface area contributed by atoms with Crippen LogP contribution in [0.25, 0.3) is 0 Å². The third-order valence-corrected chi connectivity index (χ3v) is 4.02. The highest BCUT2D eigenvalue weighted by Crippen LogP contribution is 2.22. The number of nitrogens with one attached hydrogen (secondary N) is 2. The van der Waals surface area contributed by atoms with Crippen molar-refractivity contribution in [2.75, 3.05) is 39.8 Å². The lowest BCUT2D eigenvalue weighted by molar-refractivity contribution is -0.0504. The van der Waals surface area contributed by atoms with Gasteiger partial charge >= 0.3 is 6.61 Å². The molecule has 9 heteroatoms. The fourth-order valence-corrected chi connectivity index (χ4v) is 2.75. The van der Waals surface area contributed by atoms with Crippen molar-refractivity contribution in [2.45, 2.75) is 33.1 Å². The molecule has 0 spiro atoms. The quantitative estimate of drug-likeness (QED) is 0.344. The molecule has 6 nitrogen and oxygen atoms in total. The Kier molecular flexibility index (Phi) is 10.9. The molecule has 1 heterocycles. The van der Waals surface area contributed by atoms with E-state index in [0.717, 1.165) is 18.7 Å². The largest absolute Gasteiger partial charge is 0.434 e. The molecule has 2 N–H and O–H groups in total. The molecule has 1 aromatic rings. The monoisotopic (exact) mass is 498 g/mol. The van der Waals surface area contributed by atoms with E-state index in [2.05, 4.69) is 32.3 Å². The second-order valence-electron chi connectivity index (χ2n) is 6.32. The summed E-state index contributed by atoms with van der Waals surface area (Å²) in [5.74, 6) is 0.774. The molecular formula is C18H29F2IN4O2. The molecule has 0 radical (unpaired) electrons. The molecule has 1 aliphatic rings. The summed E-state index contributed by atoms with van der Waals surface area (Å²) in [4.78, 5) is 6.72. The maximum absolute atomic E-state index is 12.6. The zero-order chi connectivity index (χ0) is 18.9. The Morgan fingerprint density at radius 1 is 1.41 bits per heavy atom. The molecule has 27 heavy (non-hydrogen) atoms. The average Bonchev–Trinajstić information content (AvgIpc) is 2.59. The summed E-state index contributed by atoms with van der Waals surface area (Å²) in [6.07, 6.45) is 0.0919. The summed E-state index contributed by atoms with van der Waals surface area (Å²) >= 11 is 0. The predicted octanol–water partition coefficient (Wildman–Crippen LogP) is 2.60. The highest BCUT2D eigenvalue weighted by Gasteiger charge is 2.17. The van der Waals surface area contributed by atoms with Gasteiger partial charge in [-0.15, -0.1) is 24.0 Å². The Hall–Kier alpha value is -1.20. The summed E-state index contributed by atoms with van der Waals surface area (Å²) in [5.41, 5.74) is 1.59. The normalized spacial score (nSPS) is 18.1. The Bertz CT molecular complexity index is 605. The van der Waals surface area contributed by atoms with Crippen LogP contribution in [0.2, 0.25) is 0 Å². The molecular weight excluding hydrogens is 469 g/mol. The van der Waals surface area contributed by atoms with E-state index >= 15 is 0 Å². The molecule has 154 valence electrons. The summed E-state index contributed by atoms with van der Waals surface area (Å²) in [5, 5.41) is 6.41. The van der Waals surface area contributed by atoms with Crippen LogP contribution in [0.4, 0.5) is 8.78 Å². The standard InChI is InChI=1S/C18H28F2N4O2.HI/c1-4-21-18(23-11-15-12-24(3)7-8-25-15)22-10-14-9-13(2)5-6-16(14)26-17(19)20;/h5-6,9,15,17H,4,7-8,10-12H2,1-3H3,(H2,21,22,23);1H. The number of alkyl halides is 2. The van der Waals surface area contributed by atoms with E-state index in [0.29, 0.717) is 31.2 Å².